The first-order valence-electron chi connectivity index (χ1n) is 4.95. The third kappa shape index (κ3) is 3.67. The summed E-state index contributed by atoms with van der Waals surface area (Å²) in [6.45, 7) is 1.83. The van der Waals surface area contributed by atoms with Crippen LogP contribution in [0.15, 0.2) is 18.2 Å². The number of carbonyl (C=O) groups excluding carboxylic acids is 1. The molecule has 3 N–H and O–H groups in total. The number of hydrogen-bond acceptors (Lipinski definition) is 4. The number of rotatable bonds is 6. The first-order chi connectivity index (χ1) is 8.04. The maximum absolute atomic E-state index is 10.8. The SMILES string of the molecule is CCOc1cc(C(=O)O)ccc1OCC(N)=O. The Kier molecular flexibility index (Phi) is 4.33. The molecule has 0 radical (unpaired) electrons. The molecule has 17 heavy (non-hydrogen) atoms. The Morgan fingerprint density at radius 3 is 2.53 bits per heavy atom. The van der Waals surface area contributed by atoms with Gasteiger partial charge < -0.3 is 20.3 Å². The molecular weight excluding hydrogens is 226 g/mol. The summed E-state index contributed by atoms with van der Waals surface area (Å²) in [7, 11) is 0. The van der Waals surface area contributed by atoms with Crippen molar-refractivity contribution < 1.29 is 24.2 Å². The molecule has 0 unspecified atom stereocenters. The van der Waals surface area contributed by atoms with Crippen LogP contribution in [0.4, 0.5) is 0 Å². The van der Waals surface area contributed by atoms with Gasteiger partial charge in [-0.05, 0) is 25.1 Å². The molecule has 0 bridgehead atoms. The highest BCUT2D eigenvalue weighted by Gasteiger charge is 2.11. The number of carbonyl (C=O) groups is 2. The van der Waals surface area contributed by atoms with Crippen LogP contribution in [-0.2, 0) is 4.79 Å². The summed E-state index contributed by atoms with van der Waals surface area (Å²) in [6, 6.07) is 4.13. The highest BCUT2D eigenvalue weighted by atomic mass is 16.5. The fourth-order valence-corrected chi connectivity index (χ4v) is 1.18. The molecule has 0 aliphatic rings. The smallest absolute Gasteiger partial charge is 0.335 e. The zero-order valence-electron chi connectivity index (χ0n) is 9.30. The van der Waals surface area contributed by atoms with Crippen molar-refractivity contribution in [2.45, 2.75) is 6.92 Å². The van der Waals surface area contributed by atoms with Crippen LogP contribution < -0.4 is 15.2 Å². The summed E-state index contributed by atoms with van der Waals surface area (Å²) in [5.74, 6) is -1.12. The maximum Gasteiger partial charge on any atom is 0.335 e. The summed E-state index contributed by atoms with van der Waals surface area (Å²) < 4.78 is 10.3. The molecule has 0 fully saturated rings. The van der Waals surface area contributed by atoms with Crippen LogP contribution >= 0.6 is 0 Å². The average molecular weight is 239 g/mol. The van der Waals surface area contributed by atoms with Crippen LogP contribution in [0.3, 0.4) is 0 Å². The first-order valence-corrected chi connectivity index (χ1v) is 4.95. The number of benzene rings is 1. The van der Waals surface area contributed by atoms with Crippen molar-refractivity contribution in [3.05, 3.63) is 23.8 Å². The number of carboxylic acids is 1. The minimum absolute atomic E-state index is 0.0832. The quantitative estimate of drug-likeness (QED) is 0.759. The second kappa shape index (κ2) is 5.74. The molecule has 0 saturated heterocycles. The number of aromatic carboxylic acids is 1. The van der Waals surface area contributed by atoms with Gasteiger partial charge in [-0.1, -0.05) is 0 Å². The van der Waals surface area contributed by atoms with Crippen LogP contribution in [0.1, 0.15) is 17.3 Å². The predicted molar refractivity (Wildman–Crippen MR) is 59.3 cm³/mol. The molecule has 6 heteroatoms. The second-order valence-corrected chi connectivity index (χ2v) is 3.15. The van der Waals surface area contributed by atoms with Gasteiger partial charge in [-0.15, -0.1) is 0 Å². The standard InChI is InChI=1S/C11H13NO5/c1-2-16-9-5-7(11(14)15)3-4-8(9)17-6-10(12)13/h3-5H,2,6H2,1H3,(H2,12,13)(H,14,15). The molecule has 0 heterocycles. The topological polar surface area (TPSA) is 98.8 Å². The van der Waals surface area contributed by atoms with Gasteiger partial charge >= 0.3 is 5.97 Å². The van der Waals surface area contributed by atoms with E-state index in [9.17, 15) is 9.59 Å². The average Bonchev–Trinajstić information content (AvgIpc) is 2.27. The number of primary amides is 1. The lowest BCUT2D eigenvalue weighted by Gasteiger charge is -2.11. The van der Waals surface area contributed by atoms with Gasteiger partial charge in [-0.25, -0.2) is 4.79 Å². The van der Waals surface area contributed by atoms with Crippen LogP contribution in [0, 0.1) is 0 Å². The van der Waals surface area contributed by atoms with E-state index >= 15 is 0 Å². The van der Waals surface area contributed by atoms with Gasteiger partial charge in [0.2, 0.25) is 0 Å². The summed E-state index contributed by atoms with van der Waals surface area (Å²) in [5.41, 5.74) is 5.03. The Labute approximate surface area is 97.9 Å². The second-order valence-electron chi connectivity index (χ2n) is 3.15. The Morgan fingerprint density at radius 2 is 2.00 bits per heavy atom. The lowest BCUT2D eigenvalue weighted by molar-refractivity contribution is -0.119. The lowest BCUT2D eigenvalue weighted by Crippen LogP contribution is -2.20. The number of nitrogens with two attached hydrogens (primary N) is 1. The predicted octanol–water partition coefficient (Wildman–Crippen LogP) is 0.648. The van der Waals surface area contributed by atoms with Gasteiger partial charge in [0.15, 0.2) is 18.1 Å². The summed E-state index contributed by atoms with van der Waals surface area (Å²) in [4.78, 5) is 21.3. The molecule has 0 saturated carbocycles. The van der Waals surface area contributed by atoms with Crippen LogP contribution in [0.25, 0.3) is 0 Å². The van der Waals surface area contributed by atoms with E-state index in [0.29, 0.717) is 6.61 Å². The van der Waals surface area contributed by atoms with E-state index in [1.54, 1.807) is 6.92 Å². The van der Waals surface area contributed by atoms with Crippen molar-refractivity contribution in [3.63, 3.8) is 0 Å². The third-order valence-electron chi connectivity index (χ3n) is 1.86. The number of carboxylic acid groups (broad SMARTS) is 1. The molecule has 6 nitrogen and oxygen atoms in total. The van der Waals surface area contributed by atoms with Crippen molar-refractivity contribution in [2.24, 2.45) is 5.73 Å². The van der Waals surface area contributed by atoms with Crippen LogP contribution in [-0.4, -0.2) is 30.2 Å². The number of ether oxygens (including phenoxy) is 2. The third-order valence-corrected chi connectivity index (χ3v) is 1.86. The maximum atomic E-state index is 10.8. The van der Waals surface area contributed by atoms with Gasteiger partial charge in [-0.3, -0.25) is 4.79 Å². The summed E-state index contributed by atoms with van der Waals surface area (Å²) >= 11 is 0. The van der Waals surface area contributed by atoms with Crippen molar-refractivity contribution in [1.82, 2.24) is 0 Å². The lowest BCUT2D eigenvalue weighted by atomic mass is 10.2. The van der Waals surface area contributed by atoms with Crippen molar-refractivity contribution in [2.75, 3.05) is 13.2 Å². The first kappa shape index (κ1) is 12.8. The molecule has 1 aromatic carbocycles. The minimum Gasteiger partial charge on any atom is -0.490 e. The van der Waals surface area contributed by atoms with E-state index in [4.69, 9.17) is 20.3 Å². The highest BCUT2D eigenvalue weighted by molar-refractivity contribution is 5.88. The van der Waals surface area contributed by atoms with E-state index in [1.165, 1.54) is 18.2 Å². The van der Waals surface area contributed by atoms with Crippen LogP contribution in [0.2, 0.25) is 0 Å². The van der Waals surface area contributed by atoms with Crippen molar-refractivity contribution in [1.29, 1.82) is 0 Å². The zero-order chi connectivity index (χ0) is 12.8. The minimum atomic E-state index is -1.06. The van der Waals surface area contributed by atoms with Crippen LogP contribution in [0.5, 0.6) is 11.5 Å². The molecule has 0 atom stereocenters. The molecule has 0 aliphatic carbocycles. The largest absolute Gasteiger partial charge is 0.490 e. The number of amides is 1. The van der Waals surface area contributed by atoms with E-state index in [1.807, 2.05) is 0 Å². The normalized spacial score (nSPS) is 9.71. The molecule has 0 spiro atoms. The fourth-order valence-electron chi connectivity index (χ4n) is 1.18. The van der Waals surface area contributed by atoms with E-state index in [0.717, 1.165) is 0 Å². The molecule has 1 aromatic rings. The Bertz CT molecular complexity index is 430. The monoisotopic (exact) mass is 239 g/mol. The molecule has 1 rings (SSSR count). The Balaban J connectivity index is 2.95. The van der Waals surface area contributed by atoms with Gasteiger partial charge in [0.25, 0.3) is 5.91 Å². The van der Waals surface area contributed by atoms with E-state index < -0.39 is 11.9 Å². The van der Waals surface area contributed by atoms with Gasteiger partial charge in [0, 0.05) is 0 Å². The van der Waals surface area contributed by atoms with Gasteiger partial charge in [0.1, 0.15) is 0 Å². The highest BCUT2D eigenvalue weighted by Crippen LogP contribution is 2.28. The van der Waals surface area contributed by atoms with Crippen molar-refractivity contribution >= 4 is 11.9 Å². The van der Waals surface area contributed by atoms with Crippen molar-refractivity contribution in [3.8, 4) is 11.5 Å². The van der Waals surface area contributed by atoms with Gasteiger partial charge in [0.05, 0.1) is 12.2 Å². The summed E-state index contributed by atoms with van der Waals surface area (Å²) in [5, 5.41) is 8.82. The molecule has 0 aliphatic heterocycles. The van der Waals surface area contributed by atoms with E-state index in [-0.39, 0.29) is 23.7 Å². The summed E-state index contributed by atoms with van der Waals surface area (Å²) in [6.07, 6.45) is 0. The zero-order valence-corrected chi connectivity index (χ0v) is 9.30. The molecular formula is C11H13NO5. The molecule has 0 aromatic heterocycles. The Morgan fingerprint density at radius 1 is 1.29 bits per heavy atom. The molecule has 92 valence electrons. The number of hydrogen-bond donors (Lipinski definition) is 2. The van der Waals surface area contributed by atoms with E-state index in [2.05, 4.69) is 0 Å². The Hall–Kier alpha value is -2.24. The van der Waals surface area contributed by atoms with Gasteiger partial charge in [-0.2, -0.15) is 0 Å². The fraction of sp³-hybridized carbons (Fsp3) is 0.273. The molecule has 1 amide bonds.